The Morgan fingerprint density at radius 1 is 1.46 bits per heavy atom. The minimum atomic E-state index is 0.127. The van der Waals surface area contributed by atoms with Gasteiger partial charge in [-0.05, 0) is 18.4 Å². The van der Waals surface area contributed by atoms with Crippen molar-refractivity contribution in [3.8, 4) is 0 Å². The van der Waals surface area contributed by atoms with Crippen LogP contribution in [0.25, 0.3) is 0 Å². The van der Waals surface area contributed by atoms with Crippen molar-refractivity contribution in [2.24, 2.45) is 0 Å². The summed E-state index contributed by atoms with van der Waals surface area (Å²) < 4.78 is 0. The molecule has 1 rings (SSSR count). The smallest absolute Gasteiger partial charge is 0.166 e. The van der Waals surface area contributed by atoms with E-state index >= 15 is 0 Å². The molecule has 0 saturated carbocycles. The van der Waals surface area contributed by atoms with Crippen molar-refractivity contribution in [3.63, 3.8) is 0 Å². The molecule has 0 N–H and O–H groups in total. The van der Waals surface area contributed by atoms with Crippen LogP contribution in [0.4, 0.5) is 0 Å². The number of ketones is 1. The van der Waals surface area contributed by atoms with E-state index in [-0.39, 0.29) is 5.78 Å². The van der Waals surface area contributed by atoms with Crippen LogP contribution in [-0.2, 0) is 0 Å². The maximum absolute atomic E-state index is 11.4. The van der Waals surface area contributed by atoms with Crippen LogP contribution < -0.4 is 0 Å². The van der Waals surface area contributed by atoms with E-state index in [1.165, 1.54) is 4.90 Å². The third-order valence-electron chi connectivity index (χ3n) is 1.74. The number of hydrogen-bond donors (Lipinski definition) is 0. The average Bonchev–Trinajstić information content (AvgIpc) is 2.18. The van der Waals surface area contributed by atoms with Crippen LogP contribution in [0.2, 0.25) is 0 Å². The highest BCUT2D eigenvalue weighted by Crippen LogP contribution is 2.15. The number of thioether (sulfide) groups is 1. The largest absolute Gasteiger partial charge is 0.294 e. The Hall–Kier alpha value is -1.02. The monoisotopic (exact) mass is 192 g/mol. The molecule has 0 aliphatic heterocycles. The van der Waals surface area contributed by atoms with Gasteiger partial charge in [-0.1, -0.05) is 18.2 Å². The predicted molar refractivity (Wildman–Crippen MR) is 57.4 cm³/mol. The molecule has 2 heteroatoms. The lowest BCUT2D eigenvalue weighted by atomic mass is 10.1. The van der Waals surface area contributed by atoms with Gasteiger partial charge in [0.25, 0.3) is 0 Å². The number of hydrogen-bond acceptors (Lipinski definition) is 2. The molecule has 0 aliphatic rings. The Bertz CT molecular complexity index is 300. The van der Waals surface area contributed by atoms with E-state index < -0.39 is 0 Å². The summed E-state index contributed by atoms with van der Waals surface area (Å²) in [7, 11) is 0. The highest BCUT2D eigenvalue weighted by Gasteiger charge is 2.02. The fraction of sp³-hybridized carbons (Fsp3) is 0.182. The van der Waals surface area contributed by atoms with E-state index in [1.807, 2.05) is 30.5 Å². The van der Waals surface area contributed by atoms with Gasteiger partial charge < -0.3 is 0 Å². The molecule has 0 amide bonds. The summed E-state index contributed by atoms with van der Waals surface area (Å²) in [5, 5.41) is 0. The van der Waals surface area contributed by atoms with Gasteiger partial charge in [0.2, 0.25) is 0 Å². The number of carbonyl (C=O) groups excluding carboxylic acids is 1. The van der Waals surface area contributed by atoms with E-state index in [1.54, 1.807) is 17.8 Å². The van der Waals surface area contributed by atoms with E-state index in [4.69, 9.17) is 0 Å². The first-order valence-corrected chi connectivity index (χ1v) is 5.28. The van der Waals surface area contributed by atoms with Crippen LogP contribution in [0.5, 0.6) is 0 Å². The fourth-order valence-corrected chi connectivity index (χ4v) is 1.43. The standard InChI is InChI=1S/C11H12OS/c1-3-4-11(12)9-5-7-10(13-2)8-6-9/h3,5-8H,1,4H2,2H3. The third kappa shape index (κ3) is 2.74. The van der Waals surface area contributed by atoms with Gasteiger partial charge in [-0.15, -0.1) is 18.3 Å². The fourth-order valence-electron chi connectivity index (χ4n) is 1.03. The second-order valence-electron chi connectivity index (χ2n) is 2.64. The van der Waals surface area contributed by atoms with Crippen molar-refractivity contribution in [2.45, 2.75) is 11.3 Å². The summed E-state index contributed by atoms with van der Waals surface area (Å²) in [6.07, 6.45) is 4.06. The lowest BCUT2D eigenvalue weighted by molar-refractivity contribution is 0.0996. The second kappa shape index (κ2) is 4.87. The molecule has 0 saturated heterocycles. The third-order valence-corrected chi connectivity index (χ3v) is 2.49. The Labute approximate surface area is 82.9 Å². The van der Waals surface area contributed by atoms with E-state index in [9.17, 15) is 4.79 Å². The molecular formula is C11H12OS. The molecule has 0 heterocycles. The van der Waals surface area contributed by atoms with E-state index in [0.29, 0.717) is 6.42 Å². The van der Waals surface area contributed by atoms with Crippen LogP contribution in [0, 0.1) is 0 Å². The van der Waals surface area contributed by atoms with E-state index in [2.05, 4.69) is 6.58 Å². The molecule has 0 bridgehead atoms. The number of allylic oxidation sites excluding steroid dienone is 1. The Morgan fingerprint density at radius 2 is 2.08 bits per heavy atom. The molecule has 0 radical (unpaired) electrons. The van der Waals surface area contributed by atoms with Crippen LogP contribution in [0.3, 0.4) is 0 Å². The maximum atomic E-state index is 11.4. The topological polar surface area (TPSA) is 17.1 Å². The van der Waals surface area contributed by atoms with Crippen molar-refractivity contribution in [3.05, 3.63) is 42.5 Å². The Balaban J connectivity index is 2.79. The van der Waals surface area contributed by atoms with E-state index in [0.717, 1.165) is 5.56 Å². The molecule has 68 valence electrons. The first kappa shape index (κ1) is 10.1. The molecule has 0 aromatic heterocycles. The summed E-state index contributed by atoms with van der Waals surface area (Å²) in [5.41, 5.74) is 0.762. The van der Waals surface area contributed by atoms with Gasteiger partial charge in [-0.25, -0.2) is 0 Å². The number of Topliss-reactive ketones (excluding diaryl/α,β-unsaturated/α-hetero) is 1. The summed E-state index contributed by atoms with van der Waals surface area (Å²) >= 11 is 1.67. The molecule has 0 fully saturated rings. The Morgan fingerprint density at radius 3 is 2.54 bits per heavy atom. The number of rotatable bonds is 4. The molecular weight excluding hydrogens is 180 g/mol. The van der Waals surface area contributed by atoms with Gasteiger partial charge in [0.15, 0.2) is 5.78 Å². The molecule has 0 unspecified atom stereocenters. The predicted octanol–water partition coefficient (Wildman–Crippen LogP) is 3.17. The van der Waals surface area contributed by atoms with Crippen molar-refractivity contribution >= 4 is 17.5 Å². The average molecular weight is 192 g/mol. The minimum Gasteiger partial charge on any atom is -0.294 e. The molecule has 13 heavy (non-hydrogen) atoms. The zero-order valence-electron chi connectivity index (χ0n) is 7.62. The van der Waals surface area contributed by atoms with Crippen molar-refractivity contribution < 1.29 is 4.79 Å². The van der Waals surface area contributed by atoms with Gasteiger partial charge >= 0.3 is 0 Å². The highest BCUT2D eigenvalue weighted by atomic mass is 32.2. The molecule has 1 aromatic carbocycles. The van der Waals surface area contributed by atoms with Gasteiger partial charge in [-0.2, -0.15) is 0 Å². The summed E-state index contributed by atoms with van der Waals surface area (Å²) in [6, 6.07) is 7.64. The zero-order chi connectivity index (χ0) is 9.68. The van der Waals surface area contributed by atoms with Crippen LogP contribution in [-0.4, -0.2) is 12.0 Å². The van der Waals surface area contributed by atoms with Gasteiger partial charge in [-0.3, -0.25) is 4.79 Å². The van der Waals surface area contributed by atoms with Gasteiger partial charge in [0, 0.05) is 16.9 Å². The molecule has 0 spiro atoms. The normalized spacial score (nSPS) is 9.62. The molecule has 1 nitrogen and oxygen atoms in total. The maximum Gasteiger partial charge on any atom is 0.166 e. The van der Waals surface area contributed by atoms with Crippen molar-refractivity contribution in [2.75, 3.05) is 6.26 Å². The summed E-state index contributed by atoms with van der Waals surface area (Å²) in [5.74, 6) is 0.127. The summed E-state index contributed by atoms with van der Waals surface area (Å²) in [6.45, 7) is 3.53. The van der Waals surface area contributed by atoms with Crippen LogP contribution >= 0.6 is 11.8 Å². The van der Waals surface area contributed by atoms with Gasteiger partial charge in [0.05, 0.1) is 0 Å². The first-order valence-electron chi connectivity index (χ1n) is 4.06. The summed E-state index contributed by atoms with van der Waals surface area (Å²) in [4.78, 5) is 12.5. The molecule has 0 aliphatic carbocycles. The quantitative estimate of drug-likeness (QED) is 0.414. The van der Waals surface area contributed by atoms with Crippen LogP contribution in [0.15, 0.2) is 41.8 Å². The molecule has 1 aromatic rings. The lowest BCUT2D eigenvalue weighted by Crippen LogP contribution is -1.95. The SMILES string of the molecule is C=CCC(=O)c1ccc(SC)cc1. The van der Waals surface area contributed by atoms with Crippen molar-refractivity contribution in [1.29, 1.82) is 0 Å². The molecule has 0 atom stereocenters. The van der Waals surface area contributed by atoms with Crippen molar-refractivity contribution in [1.82, 2.24) is 0 Å². The highest BCUT2D eigenvalue weighted by molar-refractivity contribution is 7.98. The lowest BCUT2D eigenvalue weighted by Gasteiger charge is -1.99. The Kier molecular flexibility index (Phi) is 3.77. The van der Waals surface area contributed by atoms with Gasteiger partial charge in [0.1, 0.15) is 0 Å². The van der Waals surface area contributed by atoms with Crippen LogP contribution in [0.1, 0.15) is 16.8 Å². The minimum absolute atomic E-state index is 0.127. The second-order valence-corrected chi connectivity index (χ2v) is 3.52. The number of benzene rings is 1. The first-order chi connectivity index (χ1) is 6.27. The zero-order valence-corrected chi connectivity index (χ0v) is 8.43. The number of carbonyl (C=O) groups is 1.